The van der Waals surface area contributed by atoms with Gasteiger partial charge in [-0.25, -0.2) is 0 Å². The molecule has 0 radical (unpaired) electrons. The number of nitrogens with one attached hydrogen (secondary N) is 2. The summed E-state index contributed by atoms with van der Waals surface area (Å²) in [6.07, 6.45) is 4.66. The van der Waals surface area contributed by atoms with E-state index in [2.05, 4.69) is 30.7 Å². The summed E-state index contributed by atoms with van der Waals surface area (Å²) in [5, 5.41) is 6.51. The molecule has 1 heterocycles. The van der Waals surface area contributed by atoms with Gasteiger partial charge >= 0.3 is 0 Å². The number of hydrogen-bond donors (Lipinski definition) is 2. The van der Waals surface area contributed by atoms with E-state index < -0.39 is 0 Å². The zero-order valence-electron chi connectivity index (χ0n) is 7.56. The molecule has 1 aliphatic heterocycles. The molecule has 2 nitrogen and oxygen atoms in total. The van der Waals surface area contributed by atoms with Crippen LogP contribution in [-0.2, 0) is 0 Å². The van der Waals surface area contributed by atoms with Crippen LogP contribution in [0.3, 0.4) is 0 Å². The van der Waals surface area contributed by atoms with Crippen LogP contribution in [0.2, 0.25) is 0 Å². The van der Waals surface area contributed by atoms with Gasteiger partial charge in [-0.05, 0) is 18.7 Å². The van der Waals surface area contributed by atoms with E-state index in [1.54, 1.807) is 6.20 Å². The summed E-state index contributed by atoms with van der Waals surface area (Å²) in [7, 11) is 0. The second-order valence-corrected chi connectivity index (χ2v) is 3.03. The lowest BCUT2D eigenvalue weighted by atomic mass is 10.0. The summed E-state index contributed by atoms with van der Waals surface area (Å²) in [4.78, 5) is 0. The molecule has 0 amide bonds. The first-order valence-corrected chi connectivity index (χ1v) is 4.20. The molecule has 0 aromatic carbocycles. The molecule has 0 fully saturated rings. The first-order valence-electron chi connectivity index (χ1n) is 4.20. The van der Waals surface area contributed by atoms with E-state index in [1.807, 2.05) is 6.08 Å². The van der Waals surface area contributed by atoms with Gasteiger partial charge in [-0.15, -0.1) is 6.58 Å². The van der Waals surface area contributed by atoms with Crippen molar-refractivity contribution in [1.29, 1.82) is 0 Å². The molecule has 0 saturated carbocycles. The topological polar surface area (TPSA) is 24.1 Å². The minimum absolute atomic E-state index is 0.399. The smallest absolute Gasteiger partial charge is 0.0305 e. The highest BCUT2D eigenvalue weighted by Crippen LogP contribution is 2.13. The van der Waals surface area contributed by atoms with Crippen LogP contribution in [0.1, 0.15) is 13.3 Å². The molecule has 1 aliphatic rings. The van der Waals surface area contributed by atoms with Crippen molar-refractivity contribution in [2.45, 2.75) is 19.4 Å². The van der Waals surface area contributed by atoms with Gasteiger partial charge in [-0.1, -0.05) is 12.7 Å². The second kappa shape index (κ2) is 4.12. The highest BCUT2D eigenvalue weighted by molar-refractivity contribution is 5.20. The van der Waals surface area contributed by atoms with E-state index in [9.17, 15) is 0 Å². The lowest BCUT2D eigenvalue weighted by Crippen LogP contribution is -2.36. The Bertz CT molecular complexity index is 216. The fourth-order valence-electron chi connectivity index (χ4n) is 1.33. The average molecular weight is 164 g/mol. The highest BCUT2D eigenvalue weighted by Gasteiger charge is 2.14. The molecule has 66 valence electrons. The zero-order valence-corrected chi connectivity index (χ0v) is 7.56. The van der Waals surface area contributed by atoms with Gasteiger partial charge in [0.05, 0.1) is 0 Å². The van der Waals surface area contributed by atoms with Crippen LogP contribution in [0.5, 0.6) is 0 Å². The molecule has 1 atom stereocenters. The standard InChI is InChI=1S/C10H16N2/c1-4-9-6-10(11-5-2)8(3)7-12-9/h4-5,9,11-12H,1-2,6-7H2,3H3. The number of hydrogen-bond acceptors (Lipinski definition) is 2. The lowest BCUT2D eigenvalue weighted by molar-refractivity contribution is 0.566. The Morgan fingerprint density at radius 1 is 1.58 bits per heavy atom. The molecular weight excluding hydrogens is 148 g/mol. The molecule has 2 heteroatoms. The van der Waals surface area contributed by atoms with Gasteiger partial charge in [0, 0.05) is 24.7 Å². The van der Waals surface area contributed by atoms with Crippen LogP contribution >= 0.6 is 0 Å². The van der Waals surface area contributed by atoms with Crippen molar-refractivity contribution in [1.82, 2.24) is 10.6 Å². The van der Waals surface area contributed by atoms with Crippen molar-refractivity contribution in [2.24, 2.45) is 0 Å². The van der Waals surface area contributed by atoms with Crippen molar-refractivity contribution in [2.75, 3.05) is 6.54 Å². The summed E-state index contributed by atoms with van der Waals surface area (Å²) in [5.74, 6) is 0. The van der Waals surface area contributed by atoms with E-state index in [-0.39, 0.29) is 0 Å². The SMILES string of the molecule is C=CNC1=C(C)CNC(C=C)C1. The molecule has 0 aliphatic carbocycles. The third kappa shape index (κ3) is 1.98. The van der Waals surface area contributed by atoms with Crippen molar-refractivity contribution in [3.8, 4) is 0 Å². The van der Waals surface area contributed by atoms with Gasteiger partial charge in [0.2, 0.25) is 0 Å². The van der Waals surface area contributed by atoms with Gasteiger partial charge in [0.15, 0.2) is 0 Å². The molecule has 1 unspecified atom stereocenters. The monoisotopic (exact) mass is 164 g/mol. The summed E-state index contributed by atoms with van der Waals surface area (Å²) >= 11 is 0. The van der Waals surface area contributed by atoms with Crippen LogP contribution in [-0.4, -0.2) is 12.6 Å². The Hall–Kier alpha value is -1.02. The average Bonchev–Trinajstić information content (AvgIpc) is 2.09. The fourth-order valence-corrected chi connectivity index (χ4v) is 1.33. The van der Waals surface area contributed by atoms with Crippen LogP contribution in [0.4, 0.5) is 0 Å². The number of rotatable bonds is 3. The molecule has 0 aromatic rings. The Morgan fingerprint density at radius 3 is 2.92 bits per heavy atom. The van der Waals surface area contributed by atoms with Gasteiger partial charge in [-0.2, -0.15) is 0 Å². The molecule has 1 rings (SSSR count). The van der Waals surface area contributed by atoms with Crippen molar-refractivity contribution < 1.29 is 0 Å². The minimum atomic E-state index is 0.399. The maximum Gasteiger partial charge on any atom is 0.0305 e. The van der Waals surface area contributed by atoms with Gasteiger partial charge < -0.3 is 10.6 Å². The Morgan fingerprint density at radius 2 is 2.33 bits per heavy atom. The molecular formula is C10H16N2. The van der Waals surface area contributed by atoms with Gasteiger partial charge in [-0.3, -0.25) is 0 Å². The first kappa shape index (κ1) is 9.07. The quantitative estimate of drug-likeness (QED) is 0.618. The van der Waals surface area contributed by atoms with E-state index >= 15 is 0 Å². The summed E-state index contributed by atoms with van der Waals surface area (Å²) in [6, 6.07) is 0.399. The largest absolute Gasteiger partial charge is 0.366 e. The van der Waals surface area contributed by atoms with Gasteiger partial charge in [0.1, 0.15) is 0 Å². The third-order valence-corrected chi connectivity index (χ3v) is 2.13. The Kier molecular flexibility index (Phi) is 3.11. The highest BCUT2D eigenvalue weighted by atomic mass is 15.0. The predicted octanol–water partition coefficient (Wildman–Crippen LogP) is 1.54. The Balaban J connectivity index is 2.66. The molecule has 0 bridgehead atoms. The van der Waals surface area contributed by atoms with Crippen molar-refractivity contribution in [3.05, 3.63) is 36.7 Å². The molecule has 0 spiro atoms. The second-order valence-electron chi connectivity index (χ2n) is 3.03. The maximum atomic E-state index is 3.77. The first-order chi connectivity index (χ1) is 5.77. The lowest BCUT2D eigenvalue weighted by Gasteiger charge is -2.24. The zero-order chi connectivity index (χ0) is 8.97. The predicted molar refractivity (Wildman–Crippen MR) is 52.6 cm³/mol. The van der Waals surface area contributed by atoms with Crippen LogP contribution < -0.4 is 10.6 Å². The molecule has 0 saturated heterocycles. The van der Waals surface area contributed by atoms with Crippen LogP contribution in [0.25, 0.3) is 0 Å². The van der Waals surface area contributed by atoms with E-state index in [0.717, 1.165) is 13.0 Å². The van der Waals surface area contributed by atoms with Gasteiger partial charge in [0.25, 0.3) is 0 Å². The van der Waals surface area contributed by atoms with Crippen molar-refractivity contribution >= 4 is 0 Å². The molecule has 0 aromatic heterocycles. The Labute approximate surface area is 74.0 Å². The van der Waals surface area contributed by atoms with Crippen LogP contribution in [0.15, 0.2) is 36.7 Å². The van der Waals surface area contributed by atoms with E-state index in [1.165, 1.54) is 11.3 Å². The third-order valence-electron chi connectivity index (χ3n) is 2.13. The fraction of sp³-hybridized carbons (Fsp3) is 0.400. The summed E-state index contributed by atoms with van der Waals surface area (Å²) in [5.41, 5.74) is 2.63. The summed E-state index contributed by atoms with van der Waals surface area (Å²) in [6.45, 7) is 10.5. The maximum absolute atomic E-state index is 3.77. The van der Waals surface area contributed by atoms with E-state index in [0.29, 0.717) is 6.04 Å². The minimum Gasteiger partial charge on any atom is -0.366 e. The molecule has 12 heavy (non-hydrogen) atoms. The molecule has 2 N–H and O–H groups in total. The van der Waals surface area contributed by atoms with E-state index in [4.69, 9.17) is 0 Å². The van der Waals surface area contributed by atoms with Crippen LogP contribution in [0, 0.1) is 0 Å². The van der Waals surface area contributed by atoms with Crippen molar-refractivity contribution in [3.63, 3.8) is 0 Å². The summed E-state index contributed by atoms with van der Waals surface area (Å²) < 4.78 is 0. The normalized spacial score (nSPS) is 23.6.